The maximum atomic E-state index is 11.2. The lowest BCUT2D eigenvalue weighted by atomic mass is 9.80. The molecule has 0 unspecified atom stereocenters. The van der Waals surface area contributed by atoms with Crippen LogP contribution >= 0.6 is 7.82 Å². The zero-order chi connectivity index (χ0) is 21.0. The van der Waals surface area contributed by atoms with Crippen molar-refractivity contribution in [3.8, 4) is 17.2 Å². The Morgan fingerprint density at radius 3 is 1.41 bits per heavy atom. The number of hydrogen-bond donors (Lipinski definition) is 4. The summed E-state index contributed by atoms with van der Waals surface area (Å²) in [4.78, 5) is 18.3. The van der Waals surface area contributed by atoms with E-state index in [1.165, 1.54) is 18.2 Å². The number of phenolic OH excluding ortho intramolecular Hbond substituents is 2. The third kappa shape index (κ3) is 7.63. The number of rotatable bonds is 2. The Morgan fingerprint density at radius 2 is 1.15 bits per heavy atom. The third-order valence-electron chi connectivity index (χ3n) is 3.67. The molecule has 7 heteroatoms. The topological polar surface area (TPSA) is 107 Å². The van der Waals surface area contributed by atoms with Crippen LogP contribution in [0.2, 0.25) is 0 Å². The van der Waals surface area contributed by atoms with Gasteiger partial charge in [0.15, 0.2) is 0 Å². The summed E-state index contributed by atoms with van der Waals surface area (Å²) in [6.45, 7) is 11.9. The van der Waals surface area contributed by atoms with Gasteiger partial charge in [-0.05, 0) is 23.0 Å². The number of para-hydroxylation sites is 1. The van der Waals surface area contributed by atoms with E-state index in [-0.39, 0.29) is 22.3 Å². The van der Waals surface area contributed by atoms with Crippen molar-refractivity contribution in [3.05, 3.63) is 53.6 Å². The fourth-order valence-corrected chi connectivity index (χ4v) is 2.86. The molecule has 0 heterocycles. The van der Waals surface area contributed by atoms with Gasteiger partial charge >= 0.3 is 7.82 Å². The van der Waals surface area contributed by atoms with Gasteiger partial charge in [0.2, 0.25) is 0 Å². The number of benzene rings is 2. The van der Waals surface area contributed by atoms with Crippen molar-refractivity contribution < 1.29 is 29.1 Å². The van der Waals surface area contributed by atoms with Crippen LogP contribution in [0.3, 0.4) is 0 Å². The Morgan fingerprint density at radius 1 is 0.778 bits per heavy atom. The normalized spacial score (nSPS) is 12.1. The molecule has 0 fully saturated rings. The summed E-state index contributed by atoms with van der Waals surface area (Å²) >= 11 is 0. The van der Waals surface area contributed by atoms with Crippen molar-refractivity contribution in [2.45, 2.75) is 52.4 Å². The highest BCUT2D eigenvalue weighted by Gasteiger charge is 2.30. The molecule has 0 bridgehead atoms. The molecular formula is C20H29O6P. The van der Waals surface area contributed by atoms with Crippen molar-refractivity contribution in [1.82, 2.24) is 0 Å². The highest BCUT2D eigenvalue weighted by atomic mass is 31.2. The first-order valence-electron chi connectivity index (χ1n) is 8.48. The van der Waals surface area contributed by atoms with Gasteiger partial charge in [0, 0.05) is 17.2 Å². The Bertz CT molecular complexity index is 762. The molecule has 0 aromatic heterocycles. The summed E-state index contributed by atoms with van der Waals surface area (Å²) in [5.74, 6) is 0.478. The molecule has 0 amide bonds. The van der Waals surface area contributed by atoms with Gasteiger partial charge in [-0.2, -0.15) is 0 Å². The van der Waals surface area contributed by atoms with E-state index < -0.39 is 7.82 Å². The summed E-state index contributed by atoms with van der Waals surface area (Å²) in [6.07, 6.45) is 0. The van der Waals surface area contributed by atoms with Crippen LogP contribution in [0.15, 0.2) is 42.5 Å². The molecule has 27 heavy (non-hydrogen) atoms. The van der Waals surface area contributed by atoms with Gasteiger partial charge in [-0.1, -0.05) is 65.8 Å². The number of phenols is 2. The Hall–Kier alpha value is -2.01. The lowest BCUT2D eigenvalue weighted by molar-refractivity contribution is 0.278. The van der Waals surface area contributed by atoms with Gasteiger partial charge < -0.3 is 14.7 Å². The molecule has 6 nitrogen and oxygen atoms in total. The first kappa shape index (κ1) is 23.0. The first-order chi connectivity index (χ1) is 12.1. The van der Waals surface area contributed by atoms with Crippen molar-refractivity contribution in [2.24, 2.45) is 0 Å². The van der Waals surface area contributed by atoms with E-state index in [0.29, 0.717) is 5.75 Å². The van der Waals surface area contributed by atoms with Crippen molar-refractivity contribution >= 4 is 7.82 Å². The second kappa shape index (κ2) is 8.34. The van der Waals surface area contributed by atoms with E-state index in [1.807, 2.05) is 59.7 Å². The van der Waals surface area contributed by atoms with Gasteiger partial charge in [0.05, 0.1) is 0 Å². The Kier molecular flexibility index (Phi) is 7.11. The summed E-state index contributed by atoms with van der Waals surface area (Å²) in [7, 11) is -4.58. The Balaban J connectivity index is 0.000000377. The van der Waals surface area contributed by atoms with Gasteiger partial charge in [0.1, 0.15) is 17.2 Å². The molecule has 0 spiro atoms. The molecular weight excluding hydrogens is 367 g/mol. The summed E-state index contributed by atoms with van der Waals surface area (Å²) in [5, 5.41) is 17.3. The average Bonchev–Trinajstić information content (AvgIpc) is 2.43. The number of aromatic hydroxyl groups is 2. The second-order valence-electron chi connectivity index (χ2n) is 8.28. The van der Waals surface area contributed by atoms with Gasteiger partial charge in [0.25, 0.3) is 0 Å². The summed E-state index contributed by atoms with van der Waals surface area (Å²) in [5.41, 5.74) is 1.07. The van der Waals surface area contributed by atoms with Gasteiger partial charge in [-0.25, -0.2) is 4.57 Å². The zero-order valence-electron chi connectivity index (χ0n) is 16.6. The zero-order valence-corrected chi connectivity index (χ0v) is 17.5. The van der Waals surface area contributed by atoms with Gasteiger partial charge in [-0.3, -0.25) is 9.79 Å². The minimum Gasteiger partial charge on any atom is -0.508 e. The Labute approximate surface area is 160 Å². The molecule has 2 aromatic carbocycles. The number of phosphoric acid groups is 1. The van der Waals surface area contributed by atoms with Crippen molar-refractivity contribution in [1.29, 1.82) is 0 Å². The molecule has 0 aliphatic heterocycles. The molecule has 2 rings (SSSR count). The molecule has 0 aliphatic carbocycles. The number of hydrogen-bond acceptors (Lipinski definition) is 4. The van der Waals surface area contributed by atoms with E-state index in [2.05, 4.69) is 0 Å². The predicted molar refractivity (Wildman–Crippen MR) is 106 cm³/mol. The molecule has 0 saturated carbocycles. The molecule has 150 valence electrons. The van der Waals surface area contributed by atoms with Crippen LogP contribution in [0.5, 0.6) is 17.2 Å². The SMILES string of the molecule is CC(C)(C)c1cccc(C(C)(C)C)c1OP(=O)(O)O.Oc1cccc(O)c1. The molecule has 0 atom stereocenters. The predicted octanol–water partition coefficient (Wildman–Crippen LogP) is 4.85. The van der Waals surface area contributed by atoms with Crippen LogP contribution in [0, 0.1) is 0 Å². The van der Waals surface area contributed by atoms with Crippen LogP contribution < -0.4 is 4.52 Å². The summed E-state index contributed by atoms with van der Waals surface area (Å²) < 4.78 is 16.2. The van der Waals surface area contributed by atoms with Crippen molar-refractivity contribution in [2.75, 3.05) is 0 Å². The monoisotopic (exact) mass is 396 g/mol. The molecule has 2 aromatic rings. The summed E-state index contributed by atoms with van der Waals surface area (Å²) in [6, 6.07) is 11.4. The smallest absolute Gasteiger partial charge is 0.508 e. The largest absolute Gasteiger partial charge is 0.524 e. The van der Waals surface area contributed by atoms with E-state index in [1.54, 1.807) is 6.07 Å². The third-order valence-corrected chi connectivity index (χ3v) is 4.09. The fourth-order valence-electron chi connectivity index (χ4n) is 2.43. The first-order valence-corrected chi connectivity index (χ1v) is 10.0. The molecule has 0 saturated heterocycles. The van der Waals surface area contributed by atoms with E-state index in [0.717, 1.165) is 11.1 Å². The highest BCUT2D eigenvalue weighted by molar-refractivity contribution is 7.46. The van der Waals surface area contributed by atoms with E-state index in [4.69, 9.17) is 24.5 Å². The lowest BCUT2D eigenvalue weighted by Gasteiger charge is -2.29. The quantitative estimate of drug-likeness (QED) is 0.541. The minimum atomic E-state index is -4.58. The average molecular weight is 396 g/mol. The van der Waals surface area contributed by atoms with E-state index >= 15 is 0 Å². The molecule has 0 aliphatic rings. The van der Waals surface area contributed by atoms with Crippen LogP contribution in [0.1, 0.15) is 52.7 Å². The molecule has 0 radical (unpaired) electrons. The van der Waals surface area contributed by atoms with Gasteiger partial charge in [-0.15, -0.1) is 0 Å². The van der Waals surface area contributed by atoms with Crippen LogP contribution in [-0.4, -0.2) is 20.0 Å². The maximum Gasteiger partial charge on any atom is 0.524 e. The van der Waals surface area contributed by atoms with Crippen molar-refractivity contribution in [3.63, 3.8) is 0 Å². The van der Waals surface area contributed by atoms with Crippen LogP contribution in [-0.2, 0) is 15.4 Å². The maximum absolute atomic E-state index is 11.2. The second-order valence-corrected chi connectivity index (χ2v) is 9.45. The fraction of sp³-hybridized carbons (Fsp3) is 0.400. The highest BCUT2D eigenvalue weighted by Crippen LogP contribution is 2.46. The lowest BCUT2D eigenvalue weighted by Crippen LogP contribution is -2.19. The minimum absolute atomic E-state index is 0.0880. The number of phosphoric ester groups is 1. The van der Waals surface area contributed by atoms with E-state index in [9.17, 15) is 4.57 Å². The van der Waals surface area contributed by atoms with Crippen LogP contribution in [0.25, 0.3) is 0 Å². The standard InChI is InChI=1S/C14H23O4P.C6H6O2/c1-13(2,3)10-8-7-9-11(14(4,5)6)12(10)18-19(15,16)17;7-5-2-1-3-6(8)4-5/h7-9H,1-6H3,(H2,15,16,17);1-4,7-8H. The van der Waals surface area contributed by atoms with Crippen LogP contribution in [0.4, 0.5) is 0 Å². The molecule has 4 N–H and O–H groups in total.